The van der Waals surface area contributed by atoms with Crippen molar-refractivity contribution in [3.8, 4) is 17.1 Å². The first-order valence-corrected chi connectivity index (χ1v) is 12.0. The summed E-state index contributed by atoms with van der Waals surface area (Å²) in [6, 6.07) is 43.4. The molecular weight excluding hydrogens is 425 g/mol. The molecule has 162 valence electrons. The van der Waals surface area contributed by atoms with Gasteiger partial charge in [0, 0.05) is 28.3 Å². The van der Waals surface area contributed by atoms with Gasteiger partial charge in [-0.15, -0.1) is 0 Å². The lowest BCUT2D eigenvalue weighted by Crippen LogP contribution is -2.60. The predicted octanol–water partition coefficient (Wildman–Crippen LogP) is 5.31. The Hall–Kier alpha value is -4.57. The van der Waals surface area contributed by atoms with Gasteiger partial charge in [-0.3, -0.25) is 4.57 Å². The number of aromatic nitrogens is 2. The van der Waals surface area contributed by atoms with Crippen molar-refractivity contribution in [2.24, 2.45) is 0 Å². The number of hydrogen-bond acceptors (Lipinski definition) is 2. The summed E-state index contributed by atoms with van der Waals surface area (Å²) in [5.74, 6) is 0.991. The normalized spacial score (nSPS) is 13.0. The molecule has 0 unspecified atom stereocenters. The molecule has 3 heterocycles. The van der Waals surface area contributed by atoms with Gasteiger partial charge in [-0.2, -0.15) is 0 Å². The molecule has 0 atom stereocenters. The summed E-state index contributed by atoms with van der Waals surface area (Å²) in [5, 5.41) is 0. The van der Waals surface area contributed by atoms with Crippen molar-refractivity contribution in [3.05, 3.63) is 121 Å². The monoisotopic (exact) mass is 445 g/mol. The van der Waals surface area contributed by atoms with Crippen molar-refractivity contribution in [1.29, 1.82) is 0 Å². The van der Waals surface area contributed by atoms with E-state index in [0.29, 0.717) is 0 Å². The van der Waals surface area contributed by atoms with E-state index in [2.05, 4.69) is 131 Å². The number of fused-ring (bicyclic) bond motifs is 4. The highest BCUT2D eigenvalue weighted by molar-refractivity contribution is 7.00. The van der Waals surface area contributed by atoms with Crippen LogP contribution in [-0.4, -0.2) is 16.3 Å². The Morgan fingerprint density at radius 1 is 0.543 bits per heavy atom. The van der Waals surface area contributed by atoms with E-state index in [-0.39, 0.29) is 6.71 Å². The van der Waals surface area contributed by atoms with Crippen molar-refractivity contribution < 1.29 is 0 Å². The Kier molecular flexibility index (Phi) is 3.75. The fourth-order valence-electron chi connectivity index (χ4n) is 6.03. The van der Waals surface area contributed by atoms with Crippen molar-refractivity contribution in [3.63, 3.8) is 0 Å². The predicted molar refractivity (Wildman–Crippen MR) is 146 cm³/mol. The standard InChI is InChI=1S/C31H20BN3/c1-3-11-21(12-4-1)31-33-25-17-9-16-24-30(25)35(31)28-20-10-19-27-29(28)32(24)23-15-7-8-18-26(23)34(27)22-13-5-2-6-14-22/h1-20H. The van der Waals surface area contributed by atoms with Gasteiger partial charge in [0.2, 0.25) is 0 Å². The van der Waals surface area contributed by atoms with E-state index in [1.54, 1.807) is 0 Å². The van der Waals surface area contributed by atoms with Crippen LogP contribution in [0.25, 0.3) is 28.1 Å². The summed E-state index contributed by atoms with van der Waals surface area (Å²) >= 11 is 0. The van der Waals surface area contributed by atoms with E-state index in [1.807, 2.05) is 0 Å². The lowest BCUT2D eigenvalue weighted by Gasteiger charge is -2.40. The average Bonchev–Trinajstić information content (AvgIpc) is 3.32. The third-order valence-electron chi connectivity index (χ3n) is 7.38. The van der Waals surface area contributed by atoms with Crippen molar-refractivity contribution in [2.45, 2.75) is 0 Å². The zero-order valence-corrected chi connectivity index (χ0v) is 19.0. The second kappa shape index (κ2) is 6.97. The quantitative estimate of drug-likeness (QED) is 0.337. The van der Waals surface area contributed by atoms with Crippen molar-refractivity contribution >= 4 is 51.2 Å². The van der Waals surface area contributed by atoms with Gasteiger partial charge < -0.3 is 4.90 Å². The lowest BCUT2D eigenvalue weighted by atomic mass is 9.34. The highest BCUT2D eigenvalue weighted by atomic mass is 15.2. The molecule has 5 aromatic carbocycles. The number of rotatable bonds is 2. The number of hydrogen-bond donors (Lipinski definition) is 0. The minimum atomic E-state index is 0.161. The van der Waals surface area contributed by atoms with Crippen molar-refractivity contribution in [2.75, 3.05) is 4.90 Å². The smallest absolute Gasteiger partial charge is 0.252 e. The maximum Gasteiger partial charge on any atom is 0.252 e. The Bertz CT molecular complexity index is 1760. The molecular formula is C31H20BN3. The third-order valence-corrected chi connectivity index (χ3v) is 7.38. The number of anilines is 3. The van der Waals surface area contributed by atoms with Crippen LogP contribution >= 0.6 is 0 Å². The Morgan fingerprint density at radius 3 is 2.06 bits per heavy atom. The van der Waals surface area contributed by atoms with Crippen LogP contribution in [0.4, 0.5) is 17.1 Å². The molecule has 6 aromatic rings. The fraction of sp³-hybridized carbons (Fsp3) is 0. The van der Waals surface area contributed by atoms with E-state index in [9.17, 15) is 0 Å². The number of nitrogens with zero attached hydrogens (tertiary/aromatic N) is 3. The van der Waals surface area contributed by atoms with Gasteiger partial charge in [-0.25, -0.2) is 4.98 Å². The highest BCUT2D eigenvalue weighted by Gasteiger charge is 2.41. The van der Waals surface area contributed by atoms with Crippen LogP contribution in [0.1, 0.15) is 0 Å². The average molecular weight is 445 g/mol. The van der Waals surface area contributed by atoms with Crippen LogP contribution < -0.4 is 21.3 Å². The van der Waals surface area contributed by atoms with Gasteiger partial charge >= 0.3 is 0 Å². The Morgan fingerprint density at radius 2 is 1.20 bits per heavy atom. The van der Waals surface area contributed by atoms with Crippen LogP contribution in [0.15, 0.2) is 121 Å². The largest absolute Gasteiger partial charge is 0.311 e. The van der Waals surface area contributed by atoms with E-state index in [4.69, 9.17) is 4.98 Å². The summed E-state index contributed by atoms with van der Waals surface area (Å²) in [5.41, 5.74) is 12.2. The summed E-state index contributed by atoms with van der Waals surface area (Å²) < 4.78 is 2.38. The molecule has 0 bridgehead atoms. The number of imidazole rings is 1. The second-order valence-corrected chi connectivity index (χ2v) is 9.22. The van der Waals surface area contributed by atoms with Crippen LogP contribution in [0.5, 0.6) is 0 Å². The summed E-state index contributed by atoms with van der Waals surface area (Å²) in [7, 11) is 0. The number of benzene rings is 5. The molecule has 0 aliphatic carbocycles. The number of para-hydroxylation sites is 3. The maximum absolute atomic E-state index is 5.15. The van der Waals surface area contributed by atoms with Gasteiger partial charge in [0.15, 0.2) is 0 Å². The molecule has 0 spiro atoms. The zero-order valence-electron chi connectivity index (χ0n) is 19.0. The molecule has 4 heteroatoms. The summed E-state index contributed by atoms with van der Waals surface area (Å²) in [6.07, 6.45) is 0. The highest BCUT2D eigenvalue weighted by Crippen LogP contribution is 2.39. The zero-order chi connectivity index (χ0) is 22.9. The first-order valence-electron chi connectivity index (χ1n) is 12.0. The summed E-state index contributed by atoms with van der Waals surface area (Å²) in [6.45, 7) is 0.161. The van der Waals surface area contributed by atoms with Gasteiger partial charge in [-0.05, 0) is 52.8 Å². The molecule has 3 nitrogen and oxygen atoms in total. The van der Waals surface area contributed by atoms with Gasteiger partial charge in [-0.1, -0.05) is 84.9 Å². The Balaban J connectivity index is 1.52. The first kappa shape index (κ1) is 18.8. The molecule has 0 N–H and O–H groups in total. The molecule has 35 heavy (non-hydrogen) atoms. The molecule has 0 saturated heterocycles. The molecule has 2 aliphatic heterocycles. The van der Waals surface area contributed by atoms with Crippen LogP contribution in [0.2, 0.25) is 0 Å². The maximum atomic E-state index is 5.15. The van der Waals surface area contributed by atoms with Crippen molar-refractivity contribution in [1.82, 2.24) is 9.55 Å². The first-order chi connectivity index (χ1) is 17.4. The van der Waals surface area contributed by atoms with Crippen LogP contribution in [-0.2, 0) is 0 Å². The van der Waals surface area contributed by atoms with E-state index < -0.39 is 0 Å². The van der Waals surface area contributed by atoms with Crippen LogP contribution in [0.3, 0.4) is 0 Å². The van der Waals surface area contributed by atoms with Gasteiger partial charge in [0.05, 0.1) is 11.0 Å². The van der Waals surface area contributed by atoms with E-state index in [1.165, 1.54) is 44.7 Å². The SMILES string of the molecule is c1ccc(-c2nc3cccc4c3n2-c2cccc3c2B4c2ccccc2N3c2ccccc2)cc1. The molecule has 0 amide bonds. The third kappa shape index (κ3) is 2.48. The minimum absolute atomic E-state index is 0.161. The Labute approximate surface area is 204 Å². The van der Waals surface area contributed by atoms with E-state index >= 15 is 0 Å². The molecule has 0 saturated carbocycles. The van der Waals surface area contributed by atoms with Crippen LogP contribution in [0, 0.1) is 0 Å². The van der Waals surface area contributed by atoms with Gasteiger partial charge in [0.25, 0.3) is 6.71 Å². The fourth-order valence-corrected chi connectivity index (χ4v) is 6.03. The minimum Gasteiger partial charge on any atom is -0.311 e. The lowest BCUT2D eigenvalue weighted by molar-refractivity contribution is 1.10. The molecule has 0 radical (unpaired) electrons. The second-order valence-electron chi connectivity index (χ2n) is 9.22. The molecule has 2 aliphatic rings. The topological polar surface area (TPSA) is 21.1 Å². The summed E-state index contributed by atoms with van der Waals surface area (Å²) in [4.78, 5) is 7.57. The molecule has 1 aromatic heterocycles. The molecule has 0 fully saturated rings. The molecule has 8 rings (SSSR count). The van der Waals surface area contributed by atoms with E-state index in [0.717, 1.165) is 16.9 Å². The van der Waals surface area contributed by atoms with Gasteiger partial charge in [0.1, 0.15) is 5.82 Å².